The first-order valence-corrected chi connectivity index (χ1v) is 6.65. The van der Waals surface area contributed by atoms with Crippen molar-refractivity contribution in [2.75, 3.05) is 12.4 Å². The van der Waals surface area contributed by atoms with Gasteiger partial charge in [0.05, 0.1) is 0 Å². The Balaban J connectivity index is 2.02. The number of anilines is 1. The lowest BCUT2D eigenvalue weighted by atomic mass is 9.99. The summed E-state index contributed by atoms with van der Waals surface area (Å²) in [4.78, 5) is 15.6. The molecule has 1 aromatic heterocycles. The molecule has 0 spiro atoms. The van der Waals surface area contributed by atoms with E-state index in [0.29, 0.717) is 11.7 Å². The number of carbonyl (C=O) groups is 1. The van der Waals surface area contributed by atoms with E-state index in [-0.39, 0.29) is 5.91 Å². The van der Waals surface area contributed by atoms with Crippen LogP contribution >= 0.6 is 0 Å². The summed E-state index contributed by atoms with van der Waals surface area (Å²) in [6.07, 6.45) is 6.98. The van der Waals surface area contributed by atoms with Crippen LogP contribution in [0.15, 0.2) is 18.3 Å². The third-order valence-corrected chi connectivity index (χ3v) is 3.72. The predicted molar refractivity (Wildman–Crippen MR) is 72.7 cm³/mol. The first-order chi connectivity index (χ1) is 8.70. The van der Waals surface area contributed by atoms with Gasteiger partial charge in [0, 0.05) is 25.0 Å². The van der Waals surface area contributed by atoms with Gasteiger partial charge in [-0.05, 0) is 37.8 Å². The zero-order chi connectivity index (χ0) is 13.0. The van der Waals surface area contributed by atoms with Crippen LogP contribution < -0.4 is 10.6 Å². The molecule has 0 aromatic carbocycles. The number of nitrogens with zero attached hydrogens (tertiary/aromatic N) is 1. The second-order valence-electron chi connectivity index (χ2n) is 4.99. The van der Waals surface area contributed by atoms with Crippen LogP contribution in [-0.2, 0) is 0 Å². The van der Waals surface area contributed by atoms with Crippen molar-refractivity contribution < 1.29 is 4.79 Å². The van der Waals surface area contributed by atoms with Gasteiger partial charge in [0.1, 0.15) is 5.69 Å². The van der Waals surface area contributed by atoms with E-state index in [1.165, 1.54) is 25.7 Å². The number of nitrogens with one attached hydrogen (secondary N) is 2. The smallest absolute Gasteiger partial charge is 0.269 e. The average Bonchev–Trinajstić information content (AvgIpc) is 2.92. The molecule has 4 heteroatoms. The van der Waals surface area contributed by atoms with E-state index >= 15 is 0 Å². The quantitative estimate of drug-likeness (QED) is 0.859. The highest BCUT2D eigenvalue weighted by molar-refractivity contribution is 5.92. The molecule has 0 saturated heterocycles. The molecular formula is C14H21N3O. The first-order valence-electron chi connectivity index (χ1n) is 6.65. The monoisotopic (exact) mass is 247 g/mol. The number of carbonyl (C=O) groups excluding carboxylic acids is 1. The van der Waals surface area contributed by atoms with Crippen molar-refractivity contribution in [2.24, 2.45) is 5.92 Å². The fraction of sp³-hybridized carbons (Fsp3) is 0.571. The number of rotatable bonds is 4. The Morgan fingerprint density at radius 3 is 2.83 bits per heavy atom. The van der Waals surface area contributed by atoms with Crippen molar-refractivity contribution in [3.63, 3.8) is 0 Å². The van der Waals surface area contributed by atoms with Crippen LogP contribution in [0, 0.1) is 5.92 Å². The second-order valence-corrected chi connectivity index (χ2v) is 4.99. The van der Waals surface area contributed by atoms with Crippen LogP contribution in [0.2, 0.25) is 0 Å². The van der Waals surface area contributed by atoms with E-state index in [0.717, 1.165) is 11.6 Å². The number of pyridine rings is 1. The fourth-order valence-corrected chi connectivity index (χ4v) is 2.61. The zero-order valence-corrected chi connectivity index (χ0v) is 11.1. The molecule has 0 aliphatic heterocycles. The molecule has 2 N–H and O–H groups in total. The highest BCUT2D eigenvalue weighted by atomic mass is 16.1. The maximum absolute atomic E-state index is 11.5. The molecule has 1 heterocycles. The van der Waals surface area contributed by atoms with Crippen LogP contribution in [-0.4, -0.2) is 24.0 Å². The van der Waals surface area contributed by atoms with E-state index in [9.17, 15) is 4.79 Å². The van der Waals surface area contributed by atoms with Crippen LogP contribution in [0.1, 0.15) is 43.1 Å². The number of hydrogen-bond donors (Lipinski definition) is 2. The van der Waals surface area contributed by atoms with Gasteiger partial charge >= 0.3 is 0 Å². The highest BCUT2D eigenvalue weighted by Crippen LogP contribution is 2.29. The molecule has 1 fully saturated rings. The van der Waals surface area contributed by atoms with Gasteiger partial charge < -0.3 is 10.6 Å². The molecule has 2 rings (SSSR count). The van der Waals surface area contributed by atoms with Gasteiger partial charge in [-0.15, -0.1) is 0 Å². The molecule has 1 aliphatic carbocycles. The van der Waals surface area contributed by atoms with E-state index < -0.39 is 0 Å². The summed E-state index contributed by atoms with van der Waals surface area (Å²) in [5.41, 5.74) is 1.43. The molecule has 18 heavy (non-hydrogen) atoms. The molecule has 1 unspecified atom stereocenters. The van der Waals surface area contributed by atoms with Crippen molar-refractivity contribution in [2.45, 2.75) is 38.6 Å². The topological polar surface area (TPSA) is 54.0 Å². The lowest BCUT2D eigenvalue weighted by molar-refractivity contribution is 0.0958. The lowest BCUT2D eigenvalue weighted by Gasteiger charge is -2.21. The Morgan fingerprint density at radius 2 is 2.17 bits per heavy atom. The molecule has 1 aliphatic rings. The molecule has 1 aromatic rings. The predicted octanol–water partition coefficient (Wildman–Crippen LogP) is 2.43. The van der Waals surface area contributed by atoms with E-state index in [2.05, 4.69) is 22.5 Å². The largest absolute Gasteiger partial charge is 0.382 e. The summed E-state index contributed by atoms with van der Waals surface area (Å²) >= 11 is 0. The normalized spacial score (nSPS) is 17.4. The molecule has 1 amide bonds. The first kappa shape index (κ1) is 12.9. The minimum Gasteiger partial charge on any atom is -0.382 e. The lowest BCUT2D eigenvalue weighted by Crippen LogP contribution is -2.24. The van der Waals surface area contributed by atoms with Gasteiger partial charge in [-0.1, -0.05) is 12.8 Å². The average molecular weight is 247 g/mol. The maximum Gasteiger partial charge on any atom is 0.269 e. The zero-order valence-electron chi connectivity index (χ0n) is 11.1. The van der Waals surface area contributed by atoms with Crippen LogP contribution in [0.5, 0.6) is 0 Å². The Hall–Kier alpha value is -1.58. The number of amides is 1. The summed E-state index contributed by atoms with van der Waals surface area (Å²) < 4.78 is 0. The highest BCUT2D eigenvalue weighted by Gasteiger charge is 2.21. The van der Waals surface area contributed by atoms with Crippen LogP contribution in [0.4, 0.5) is 5.69 Å². The van der Waals surface area contributed by atoms with Gasteiger partial charge in [-0.3, -0.25) is 9.78 Å². The molecule has 98 valence electrons. The van der Waals surface area contributed by atoms with Gasteiger partial charge in [0.25, 0.3) is 5.91 Å². The SMILES string of the molecule is CNC(=O)c1cc(NC(C)C2CCCC2)ccn1. The summed E-state index contributed by atoms with van der Waals surface area (Å²) in [7, 11) is 1.62. The molecule has 1 saturated carbocycles. The second kappa shape index (κ2) is 5.85. The van der Waals surface area contributed by atoms with Gasteiger partial charge in [0.15, 0.2) is 0 Å². The van der Waals surface area contributed by atoms with Gasteiger partial charge in [0.2, 0.25) is 0 Å². The minimum absolute atomic E-state index is 0.146. The van der Waals surface area contributed by atoms with E-state index in [4.69, 9.17) is 0 Å². The molecule has 0 bridgehead atoms. The third kappa shape index (κ3) is 3.00. The molecule has 1 atom stereocenters. The molecular weight excluding hydrogens is 226 g/mol. The molecule has 0 radical (unpaired) electrons. The summed E-state index contributed by atoms with van der Waals surface area (Å²) in [6, 6.07) is 4.18. The maximum atomic E-state index is 11.5. The van der Waals surface area contributed by atoms with E-state index in [1.54, 1.807) is 13.2 Å². The Bertz CT molecular complexity index is 413. The molecule has 4 nitrogen and oxygen atoms in total. The Kier molecular flexibility index (Phi) is 4.18. The Labute approximate surface area is 108 Å². The minimum atomic E-state index is -0.146. The van der Waals surface area contributed by atoms with E-state index in [1.807, 2.05) is 12.1 Å². The van der Waals surface area contributed by atoms with Crippen molar-refractivity contribution >= 4 is 11.6 Å². The summed E-state index contributed by atoms with van der Waals surface area (Å²) in [6.45, 7) is 2.22. The number of hydrogen-bond acceptors (Lipinski definition) is 3. The summed E-state index contributed by atoms with van der Waals surface area (Å²) in [5, 5.41) is 6.07. The number of aromatic nitrogens is 1. The standard InChI is InChI=1S/C14H21N3O/c1-10(11-5-3-4-6-11)17-12-7-8-16-13(9-12)14(18)15-2/h7-11H,3-6H2,1-2H3,(H,15,18)(H,16,17). The third-order valence-electron chi connectivity index (χ3n) is 3.72. The van der Waals surface area contributed by atoms with Gasteiger partial charge in [-0.2, -0.15) is 0 Å². The van der Waals surface area contributed by atoms with Crippen molar-refractivity contribution in [3.05, 3.63) is 24.0 Å². The van der Waals surface area contributed by atoms with Crippen molar-refractivity contribution in [3.8, 4) is 0 Å². The fourth-order valence-electron chi connectivity index (χ4n) is 2.61. The van der Waals surface area contributed by atoms with Crippen LogP contribution in [0.3, 0.4) is 0 Å². The summed E-state index contributed by atoms with van der Waals surface area (Å²) in [5.74, 6) is 0.605. The van der Waals surface area contributed by atoms with Gasteiger partial charge in [-0.25, -0.2) is 0 Å². The van der Waals surface area contributed by atoms with Crippen molar-refractivity contribution in [1.29, 1.82) is 0 Å². The van der Waals surface area contributed by atoms with Crippen LogP contribution in [0.25, 0.3) is 0 Å². The Morgan fingerprint density at radius 1 is 1.44 bits per heavy atom. The van der Waals surface area contributed by atoms with Crippen molar-refractivity contribution in [1.82, 2.24) is 10.3 Å².